The average molecular weight is 789 g/mol. The molecule has 0 spiro atoms. The fourth-order valence-electron chi connectivity index (χ4n) is 6.80. The Kier molecular flexibility index (Phi) is 15.5. The lowest BCUT2D eigenvalue weighted by Crippen LogP contribution is -2.39. The van der Waals surface area contributed by atoms with Crippen molar-refractivity contribution in [3.63, 3.8) is 0 Å². The Morgan fingerprint density at radius 1 is 0.474 bits per heavy atom. The third kappa shape index (κ3) is 13.3. The molecule has 0 unspecified atom stereocenters. The van der Waals surface area contributed by atoms with Gasteiger partial charge in [-0.05, 0) is 113 Å². The maximum Gasteiger partial charge on any atom is 0.306 e. The van der Waals surface area contributed by atoms with E-state index in [1.807, 2.05) is 126 Å². The molecule has 0 aliphatic rings. The molecule has 9 heteroatoms. The van der Waals surface area contributed by atoms with Gasteiger partial charge in [-0.3, -0.25) is 14.4 Å². The Hall–Kier alpha value is -4.53. The number of esters is 3. The molecular weight excluding hydrogens is 721 g/mol. The van der Waals surface area contributed by atoms with Gasteiger partial charge in [0.2, 0.25) is 0 Å². The van der Waals surface area contributed by atoms with Crippen LogP contribution in [-0.4, -0.2) is 53.0 Å². The van der Waals surface area contributed by atoms with E-state index in [9.17, 15) is 29.7 Å². The van der Waals surface area contributed by atoms with E-state index in [0.717, 1.165) is 50.1 Å². The molecule has 0 aromatic heterocycles. The molecular formula is C48H68O9. The summed E-state index contributed by atoms with van der Waals surface area (Å²) in [7, 11) is 0. The summed E-state index contributed by atoms with van der Waals surface area (Å²) in [6, 6.07) is 11.4. The van der Waals surface area contributed by atoms with Crippen molar-refractivity contribution in [2.45, 2.75) is 151 Å². The van der Waals surface area contributed by atoms with E-state index in [0.29, 0.717) is 25.7 Å². The molecule has 0 saturated carbocycles. The van der Waals surface area contributed by atoms with Gasteiger partial charge in [-0.2, -0.15) is 0 Å². The summed E-state index contributed by atoms with van der Waals surface area (Å²) in [6.07, 6.45) is 1.91. The first kappa shape index (κ1) is 46.8. The van der Waals surface area contributed by atoms with Gasteiger partial charge in [-0.15, -0.1) is 0 Å². The maximum absolute atomic E-state index is 13.2. The second-order valence-corrected chi connectivity index (χ2v) is 19.0. The van der Waals surface area contributed by atoms with E-state index in [1.165, 1.54) is 0 Å². The number of hydrogen-bond donors (Lipinski definition) is 3. The van der Waals surface area contributed by atoms with Crippen LogP contribution in [0.15, 0.2) is 36.4 Å². The molecule has 0 fully saturated rings. The lowest BCUT2D eigenvalue weighted by Gasteiger charge is -2.31. The minimum Gasteiger partial charge on any atom is -0.507 e. The van der Waals surface area contributed by atoms with E-state index < -0.39 is 23.3 Å². The molecule has 0 aliphatic heterocycles. The monoisotopic (exact) mass is 788 g/mol. The van der Waals surface area contributed by atoms with Gasteiger partial charge in [0.25, 0.3) is 0 Å². The van der Waals surface area contributed by atoms with Crippen molar-refractivity contribution in [2.75, 3.05) is 19.8 Å². The van der Waals surface area contributed by atoms with Gasteiger partial charge < -0.3 is 29.5 Å². The van der Waals surface area contributed by atoms with Crippen LogP contribution >= 0.6 is 0 Å². The van der Waals surface area contributed by atoms with E-state index >= 15 is 0 Å². The molecule has 57 heavy (non-hydrogen) atoms. The van der Waals surface area contributed by atoms with Crippen LogP contribution in [0.2, 0.25) is 0 Å². The van der Waals surface area contributed by atoms with Gasteiger partial charge in [0, 0.05) is 19.3 Å². The van der Waals surface area contributed by atoms with Crippen molar-refractivity contribution in [1.82, 2.24) is 0 Å². The average Bonchev–Trinajstić information content (AvgIpc) is 3.11. The first-order valence-electron chi connectivity index (χ1n) is 20.2. The number of hydrogen-bond acceptors (Lipinski definition) is 9. The second-order valence-electron chi connectivity index (χ2n) is 19.0. The van der Waals surface area contributed by atoms with Crippen LogP contribution in [0.25, 0.3) is 0 Å². The molecule has 0 radical (unpaired) electrons. The van der Waals surface area contributed by atoms with E-state index in [-0.39, 0.29) is 72.6 Å². The summed E-state index contributed by atoms with van der Waals surface area (Å²) in [6.45, 7) is 25.3. The smallest absolute Gasteiger partial charge is 0.306 e. The van der Waals surface area contributed by atoms with Crippen molar-refractivity contribution in [3.05, 3.63) is 86.5 Å². The minimum absolute atomic E-state index is 0.0956. The molecule has 3 N–H and O–H groups in total. The summed E-state index contributed by atoms with van der Waals surface area (Å²) < 4.78 is 17.4. The third-order valence-electron chi connectivity index (χ3n) is 10.7. The van der Waals surface area contributed by atoms with Gasteiger partial charge in [-0.1, -0.05) is 106 Å². The van der Waals surface area contributed by atoms with Crippen LogP contribution in [0, 0.1) is 26.2 Å². The number of carbonyl (C=O) groups is 3. The molecule has 0 aliphatic carbocycles. The number of carbonyl (C=O) groups excluding carboxylic acids is 3. The highest BCUT2D eigenvalue weighted by Crippen LogP contribution is 2.37. The zero-order valence-electron chi connectivity index (χ0n) is 36.8. The quantitative estimate of drug-likeness (QED) is 0.0956. The van der Waals surface area contributed by atoms with Crippen LogP contribution < -0.4 is 0 Å². The van der Waals surface area contributed by atoms with E-state index in [4.69, 9.17) is 14.2 Å². The van der Waals surface area contributed by atoms with Crippen molar-refractivity contribution in [1.29, 1.82) is 0 Å². The van der Waals surface area contributed by atoms with Crippen LogP contribution in [0.3, 0.4) is 0 Å². The van der Waals surface area contributed by atoms with Crippen LogP contribution in [-0.2, 0) is 64.1 Å². The molecule has 3 aromatic rings. The first-order chi connectivity index (χ1) is 26.3. The summed E-state index contributed by atoms with van der Waals surface area (Å²) >= 11 is 0. The summed E-state index contributed by atoms with van der Waals surface area (Å²) in [5.74, 6) is -0.557. The SMILES string of the molecule is CCC(COC(=O)CCc1cc(C)c(O)c(C(C)(C)C)c1)(COC(=O)CCc1cc(C)c(O)c(C(C)(C)C)c1)COC(=O)CCc1cc(C)c(O)c(C(C)(C)C)c1. The van der Waals surface area contributed by atoms with Gasteiger partial charge in [0.1, 0.15) is 37.1 Å². The Balaban J connectivity index is 1.73. The molecule has 0 bridgehead atoms. The highest BCUT2D eigenvalue weighted by atomic mass is 16.6. The summed E-state index contributed by atoms with van der Waals surface area (Å²) in [5.41, 5.74) is 5.56. The van der Waals surface area contributed by atoms with Gasteiger partial charge >= 0.3 is 17.9 Å². The Morgan fingerprint density at radius 3 is 0.930 bits per heavy atom. The predicted octanol–water partition coefficient (Wildman–Crippen LogP) is 9.85. The van der Waals surface area contributed by atoms with Crippen molar-refractivity contribution in [3.8, 4) is 17.2 Å². The number of rotatable bonds is 16. The van der Waals surface area contributed by atoms with Crippen LogP contribution in [0.5, 0.6) is 17.2 Å². The largest absolute Gasteiger partial charge is 0.507 e. The molecule has 0 amide bonds. The minimum atomic E-state index is -0.988. The number of aryl methyl sites for hydroxylation is 6. The highest BCUT2D eigenvalue weighted by Gasteiger charge is 2.34. The fraction of sp³-hybridized carbons (Fsp3) is 0.562. The number of phenols is 3. The zero-order chi connectivity index (χ0) is 43.1. The standard InChI is InChI=1S/C48H68O9/c1-14-48(27-55-39(49)18-15-33-21-30(2)42(52)36(24-33)45(5,6)7,28-56-40(50)19-16-34-22-31(3)43(53)37(25-34)46(8,9)10)29-57-41(51)20-17-35-23-32(4)44(54)38(26-35)47(11,12)13/h21-26,52-54H,14-20,27-29H2,1-13H3. The molecule has 3 rings (SSSR count). The molecule has 0 saturated heterocycles. The third-order valence-corrected chi connectivity index (χ3v) is 10.7. The molecule has 314 valence electrons. The molecule has 0 heterocycles. The van der Waals surface area contributed by atoms with Crippen LogP contribution in [0.4, 0.5) is 0 Å². The molecule has 9 nitrogen and oxygen atoms in total. The van der Waals surface area contributed by atoms with Gasteiger partial charge in [0.05, 0.1) is 5.41 Å². The normalized spacial score (nSPS) is 12.4. The Labute approximate surface area is 341 Å². The zero-order valence-corrected chi connectivity index (χ0v) is 36.8. The lowest BCUT2D eigenvalue weighted by atomic mass is 9.83. The second kappa shape index (κ2) is 18.8. The van der Waals surface area contributed by atoms with Gasteiger partial charge in [-0.25, -0.2) is 0 Å². The number of ether oxygens (including phenoxy) is 3. The topological polar surface area (TPSA) is 140 Å². The van der Waals surface area contributed by atoms with Gasteiger partial charge in [0.15, 0.2) is 0 Å². The fourth-order valence-corrected chi connectivity index (χ4v) is 6.80. The summed E-state index contributed by atoms with van der Waals surface area (Å²) in [4.78, 5) is 39.6. The van der Waals surface area contributed by atoms with Crippen molar-refractivity contribution < 1.29 is 43.9 Å². The Morgan fingerprint density at radius 2 is 0.719 bits per heavy atom. The number of aromatic hydroxyl groups is 3. The maximum atomic E-state index is 13.2. The molecule has 3 aromatic carbocycles. The van der Waals surface area contributed by atoms with E-state index in [2.05, 4.69) is 0 Å². The summed E-state index contributed by atoms with van der Waals surface area (Å²) in [5, 5.41) is 31.9. The number of phenolic OH excluding ortho intramolecular Hbond substituents is 3. The van der Waals surface area contributed by atoms with E-state index in [1.54, 1.807) is 0 Å². The lowest BCUT2D eigenvalue weighted by molar-refractivity contribution is -0.162. The highest BCUT2D eigenvalue weighted by molar-refractivity contribution is 5.71. The Bertz CT molecular complexity index is 1690. The predicted molar refractivity (Wildman–Crippen MR) is 225 cm³/mol. The van der Waals surface area contributed by atoms with Crippen molar-refractivity contribution >= 4 is 17.9 Å². The van der Waals surface area contributed by atoms with Crippen LogP contribution in [0.1, 0.15) is 145 Å². The first-order valence-corrected chi connectivity index (χ1v) is 20.2. The molecule has 0 atom stereocenters. The van der Waals surface area contributed by atoms with Crippen molar-refractivity contribution in [2.24, 2.45) is 5.41 Å². The number of benzene rings is 3.